The van der Waals surface area contributed by atoms with E-state index in [9.17, 15) is 4.79 Å². The summed E-state index contributed by atoms with van der Waals surface area (Å²) in [5, 5.41) is 0. The molecule has 1 atom stereocenters. The minimum Gasteiger partial charge on any atom is -0.478 e. The summed E-state index contributed by atoms with van der Waals surface area (Å²) in [7, 11) is 0. The van der Waals surface area contributed by atoms with E-state index in [-0.39, 0.29) is 11.8 Å². The van der Waals surface area contributed by atoms with Gasteiger partial charge in [0, 0.05) is 6.54 Å². The first-order chi connectivity index (χ1) is 9.95. The third-order valence-corrected chi connectivity index (χ3v) is 3.90. The van der Waals surface area contributed by atoms with Crippen LogP contribution in [-0.2, 0) is 4.79 Å². The van der Waals surface area contributed by atoms with Crippen LogP contribution in [0.2, 0.25) is 0 Å². The number of hydrogen-bond donors (Lipinski definition) is 1. The number of amides is 1. The molecule has 0 aliphatic carbocycles. The van der Waals surface area contributed by atoms with Crippen LogP contribution in [0, 0.1) is 5.92 Å². The van der Waals surface area contributed by atoms with Crippen molar-refractivity contribution >= 4 is 11.6 Å². The number of rotatable bonds is 5. The van der Waals surface area contributed by atoms with E-state index < -0.39 is 6.10 Å². The Morgan fingerprint density at radius 2 is 2.00 bits per heavy atom. The maximum absolute atomic E-state index is 12.7. The van der Waals surface area contributed by atoms with Crippen molar-refractivity contribution in [3.8, 4) is 5.75 Å². The van der Waals surface area contributed by atoms with Crippen molar-refractivity contribution in [1.82, 2.24) is 0 Å². The van der Waals surface area contributed by atoms with E-state index in [1.54, 1.807) is 0 Å². The Morgan fingerprint density at radius 1 is 1.29 bits per heavy atom. The highest BCUT2D eigenvalue weighted by molar-refractivity contribution is 6.00. The number of nitrogens with two attached hydrogens (primary N) is 1. The summed E-state index contributed by atoms with van der Waals surface area (Å²) < 4.78 is 5.93. The summed E-state index contributed by atoms with van der Waals surface area (Å²) in [6.45, 7) is 9.55. The van der Waals surface area contributed by atoms with Gasteiger partial charge in [-0.1, -0.05) is 33.8 Å². The van der Waals surface area contributed by atoms with Crippen LogP contribution in [0.3, 0.4) is 0 Å². The maximum atomic E-state index is 12.7. The topological polar surface area (TPSA) is 55.6 Å². The molecular weight excluding hydrogens is 264 g/mol. The fourth-order valence-corrected chi connectivity index (χ4v) is 2.56. The lowest BCUT2D eigenvalue weighted by molar-refractivity contribution is -0.128. The van der Waals surface area contributed by atoms with Crippen molar-refractivity contribution in [2.24, 2.45) is 11.7 Å². The third-order valence-electron chi connectivity index (χ3n) is 3.90. The Bertz CT molecular complexity index is 512. The minimum absolute atomic E-state index is 0.0480. The SMILES string of the molecule is CC(C)c1ccc2c(c1)N(CCCN)C(=O)C(C(C)C)O2. The van der Waals surface area contributed by atoms with Gasteiger partial charge in [-0.3, -0.25) is 4.79 Å². The smallest absolute Gasteiger partial charge is 0.268 e. The molecular formula is C17H26N2O2. The highest BCUT2D eigenvalue weighted by Crippen LogP contribution is 2.37. The molecule has 1 amide bonds. The highest BCUT2D eigenvalue weighted by Gasteiger charge is 2.36. The summed E-state index contributed by atoms with van der Waals surface area (Å²) in [6, 6.07) is 6.14. The van der Waals surface area contributed by atoms with Gasteiger partial charge >= 0.3 is 0 Å². The quantitative estimate of drug-likeness (QED) is 0.907. The molecule has 1 unspecified atom stereocenters. The van der Waals surface area contributed by atoms with E-state index in [4.69, 9.17) is 10.5 Å². The van der Waals surface area contributed by atoms with E-state index in [0.717, 1.165) is 17.9 Å². The number of benzene rings is 1. The number of hydrogen-bond acceptors (Lipinski definition) is 3. The summed E-state index contributed by atoms with van der Waals surface area (Å²) >= 11 is 0. The molecule has 0 fully saturated rings. The molecule has 1 aliphatic heterocycles. The van der Waals surface area contributed by atoms with Crippen LogP contribution in [0.1, 0.15) is 45.6 Å². The van der Waals surface area contributed by atoms with Gasteiger partial charge in [0.1, 0.15) is 5.75 Å². The molecule has 4 heteroatoms. The second kappa shape index (κ2) is 6.48. The Kier molecular flexibility index (Phi) is 4.88. The van der Waals surface area contributed by atoms with Crippen molar-refractivity contribution < 1.29 is 9.53 Å². The first-order valence-corrected chi connectivity index (χ1v) is 7.77. The molecule has 4 nitrogen and oxygen atoms in total. The summed E-state index contributed by atoms with van der Waals surface area (Å²) in [5.74, 6) is 1.42. The molecule has 2 N–H and O–H groups in total. The lowest BCUT2D eigenvalue weighted by Crippen LogP contribution is -2.49. The van der Waals surface area contributed by atoms with Crippen LogP contribution in [-0.4, -0.2) is 25.1 Å². The zero-order valence-corrected chi connectivity index (χ0v) is 13.4. The molecule has 0 saturated carbocycles. The molecule has 1 aromatic rings. The van der Waals surface area contributed by atoms with Gasteiger partial charge in [0.15, 0.2) is 6.10 Å². The number of fused-ring (bicyclic) bond motifs is 1. The van der Waals surface area contributed by atoms with Gasteiger partial charge in [0.25, 0.3) is 5.91 Å². The largest absolute Gasteiger partial charge is 0.478 e. The average Bonchev–Trinajstić information content (AvgIpc) is 2.44. The standard InChI is InChI=1S/C17H26N2O2/c1-11(2)13-6-7-15-14(10-13)19(9-5-8-18)17(20)16(21-15)12(3)4/h6-7,10-12,16H,5,8-9,18H2,1-4H3. The first-order valence-electron chi connectivity index (χ1n) is 7.77. The van der Waals surface area contributed by atoms with Gasteiger partial charge in [-0.25, -0.2) is 0 Å². The average molecular weight is 290 g/mol. The van der Waals surface area contributed by atoms with Crippen molar-refractivity contribution in [2.75, 3.05) is 18.0 Å². The fraction of sp³-hybridized carbons (Fsp3) is 0.588. The monoisotopic (exact) mass is 290 g/mol. The summed E-state index contributed by atoms with van der Waals surface area (Å²) in [5.41, 5.74) is 7.71. The van der Waals surface area contributed by atoms with Crippen LogP contribution in [0.5, 0.6) is 5.75 Å². The van der Waals surface area contributed by atoms with Crippen LogP contribution in [0.15, 0.2) is 18.2 Å². The van der Waals surface area contributed by atoms with E-state index in [0.29, 0.717) is 19.0 Å². The molecule has 0 bridgehead atoms. The molecule has 1 aromatic carbocycles. The van der Waals surface area contributed by atoms with Crippen LogP contribution >= 0.6 is 0 Å². The van der Waals surface area contributed by atoms with Crippen LogP contribution in [0.4, 0.5) is 5.69 Å². The van der Waals surface area contributed by atoms with E-state index in [1.165, 1.54) is 5.56 Å². The number of nitrogens with zero attached hydrogens (tertiary/aromatic N) is 1. The van der Waals surface area contributed by atoms with Crippen molar-refractivity contribution in [1.29, 1.82) is 0 Å². The molecule has 1 aliphatic rings. The molecule has 0 radical (unpaired) electrons. The van der Waals surface area contributed by atoms with Crippen LogP contribution in [0.25, 0.3) is 0 Å². The highest BCUT2D eigenvalue weighted by atomic mass is 16.5. The fourth-order valence-electron chi connectivity index (χ4n) is 2.56. The first kappa shape index (κ1) is 15.8. The second-order valence-electron chi connectivity index (χ2n) is 6.30. The zero-order chi connectivity index (χ0) is 15.6. The molecule has 0 spiro atoms. The van der Waals surface area contributed by atoms with E-state index in [1.807, 2.05) is 24.8 Å². The molecule has 2 rings (SSSR count). The maximum Gasteiger partial charge on any atom is 0.268 e. The van der Waals surface area contributed by atoms with Gasteiger partial charge in [0.2, 0.25) is 0 Å². The molecule has 0 saturated heterocycles. The van der Waals surface area contributed by atoms with E-state index in [2.05, 4.69) is 26.0 Å². The normalized spacial score (nSPS) is 18.1. The Labute approximate surface area is 127 Å². The number of carbonyl (C=O) groups excluding carboxylic acids is 1. The summed E-state index contributed by atoms with van der Waals surface area (Å²) in [6.07, 6.45) is 0.391. The number of carbonyl (C=O) groups is 1. The van der Waals surface area contributed by atoms with Crippen LogP contribution < -0.4 is 15.4 Å². The Balaban J connectivity index is 2.41. The molecule has 0 aromatic heterocycles. The minimum atomic E-state index is -0.403. The Hall–Kier alpha value is -1.55. The van der Waals surface area contributed by atoms with Gasteiger partial charge in [-0.05, 0) is 42.5 Å². The third kappa shape index (κ3) is 3.21. The van der Waals surface area contributed by atoms with Gasteiger partial charge in [-0.15, -0.1) is 0 Å². The Morgan fingerprint density at radius 3 is 2.57 bits per heavy atom. The molecule has 1 heterocycles. The predicted molar refractivity (Wildman–Crippen MR) is 85.8 cm³/mol. The number of ether oxygens (including phenoxy) is 1. The molecule has 116 valence electrons. The van der Waals surface area contributed by atoms with Crippen molar-refractivity contribution in [3.63, 3.8) is 0 Å². The molecule has 21 heavy (non-hydrogen) atoms. The van der Waals surface area contributed by atoms with E-state index >= 15 is 0 Å². The van der Waals surface area contributed by atoms with Crippen molar-refractivity contribution in [3.05, 3.63) is 23.8 Å². The van der Waals surface area contributed by atoms with Crippen molar-refractivity contribution in [2.45, 2.75) is 46.1 Å². The number of anilines is 1. The van der Waals surface area contributed by atoms with Gasteiger partial charge in [0.05, 0.1) is 5.69 Å². The van der Waals surface area contributed by atoms with Gasteiger partial charge < -0.3 is 15.4 Å². The van der Waals surface area contributed by atoms with Gasteiger partial charge in [-0.2, -0.15) is 0 Å². The zero-order valence-electron chi connectivity index (χ0n) is 13.4. The predicted octanol–water partition coefficient (Wildman–Crippen LogP) is 2.91. The lowest BCUT2D eigenvalue weighted by Gasteiger charge is -2.36. The lowest BCUT2D eigenvalue weighted by atomic mass is 9.99. The second-order valence-corrected chi connectivity index (χ2v) is 6.30. The summed E-state index contributed by atoms with van der Waals surface area (Å²) in [4.78, 5) is 14.5.